The van der Waals surface area contributed by atoms with Crippen molar-refractivity contribution >= 4 is 45.0 Å². The molecule has 3 aliphatic rings. The molecule has 8 nitrogen and oxygen atoms in total. The normalized spacial score (nSPS) is 22.7. The topological polar surface area (TPSA) is 96.0 Å². The predicted octanol–water partition coefficient (Wildman–Crippen LogP) is 3.44. The number of hydrogen-bond acceptors (Lipinski definition) is 6. The second kappa shape index (κ2) is 8.34. The first-order valence-corrected chi connectivity index (χ1v) is 13.2. The Hall–Kier alpha value is -2.56. The molecule has 1 N–H and O–H groups in total. The molecule has 0 aromatic heterocycles. The minimum absolute atomic E-state index is 0.101. The van der Waals surface area contributed by atoms with Crippen LogP contribution in [0.25, 0.3) is 0 Å². The van der Waals surface area contributed by atoms with Crippen LogP contribution in [0.15, 0.2) is 52.3 Å². The molecule has 1 atom stereocenters. The van der Waals surface area contributed by atoms with Gasteiger partial charge < -0.3 is 10.1 Å². The summed E-state index contributed by atoms with van der Waals surface area (Å²) in [5, 5.41) is 2.87. The molecule has 0 aliphatic carbocycles. The summed E-state index contributed by atoms with van der Waals surface area (Å²) >= 11 is 1.36. The Morgan fingerprint density at radius 1 is 1.12 bits per heavy atom. The molecule has 2 amide bonds. The summed E-state index contributed by atoms with van der Waals surface area (Å²) in [5.41, 5.74) is 0.999. The number of benzene rings is 2. The van der Waals surface area contributed by atoms with Crippen molar-refractivity contribution in [1.82, 2.24) is 4.31 Å². The van der Waals surface area contributed by atoms with Gasteiger partial charge >= 0.3 is 0 Å². The van der Waals surface area contributed by atoms with E-state index in [0.717, 1.165) is 29.8 Å². The van der Waals surface area contributed by atoms with E-state index in [1.807, 2.05) is 24.3 Å². The predicted molar refractivity (Wildman–Crippen MR) is 126 cm³/mol. The van der Waals surface area contributed by atoms with Crippen LogP contribution in [0.5, 0.6) is 5.75 Å². The molecule has 0 spiro atoms. The van der Waals surface area contributed by atoms with Gasteiger partial charge in [-0.1, -0.05) is 30.3 Å². The maximum absolute atomic E-state index is 13.6. The number of carbonyl (C=O) groups is 2. The molecule has 2 aromatic rings. The highest BCUT2D eigenvalue weighted by molar-refractivity contribution is 8.02. The van der Waals surface area contributed by atoms with E-state index >= 15 is 0 Å². The zero-order valence-corrected chi connectivity index (χ0v) is 19.9. The molecule has 10 heteroatoms. The zero-order chi connectivity index (χ0) is 23.2. The molecule has 174 valence electrons. The number of nitrogens with zero attached hydrogens (tertiary/aromatic N) is 2. The molecular formula is C23H25N3O5S2. The zero-order valence-electron chi connectivity index (χ0n) is 18.2. The third-order valence-corrected chi connectivity index (χ3v) is 9.77. The Labute approximate surface area is 197 Å². The number of anilines is 2. The average molecular weight is 488 g/mol. The van der Waals surface area contributed by atoms with E-state index in [2.05, 4.69) is 5.32 Å². The van der Waals surface area contributed by atoms with E-state index < -0.39 is 14.9 Å². The number of thioether (sulfide) groups is 1. The molecule has 3 aliphatic heterocycles. The van der Waals surface area contributed by atoms with Crippen molar-refractivity contribution in [2.75, 3.05) is 30.4 Å². The Morgan fingerprint density at radius 3 is 2.64 bits per heavy atom. The summed E-state index contributed by atoms with van der Waals surface area (Å²) in [6.45, 7) is 0.982. The maximum Gasteiger partial charge on any atom is 0.261 e. The molecule has 2 saturated heterocycles. The first-order valence-electron chi connectivity index (χ1n) is 11.0. The molecule has 2 fully saturated rings. The van der Waals surface area contributed by atoms with Gasteiger partial charge in [-0.15, -0.1) is 0 Å². The van der Waals surface area contributed by atoms with Gasteiger partial charge in [0.15, 0.2) is 4.87 Å². The van der Waals surface area contributed by atoms with Crippen LogP contribution in [-0.2, 0) is 19.6 Å². The smallest absolute Gasteiger partial charge is 0.261 e. The van der Waals surface area contributed by atoms with Gasteiger partial charge in [-0.25, -0.2) is 8.42 Å². The van der Waals surface area contributed by atoms with Crippen molar-refractivity contribution in [2.45, 2.75) is 46.8 Å². The van der Waals surface area contributed by atoms with Crippen molar-refractivity contribution in [3.05, 3.63) is 42.5 Å². The molecule has 2 aromatic carbocycles. The summed E-state index contributed by atoms with van der Waals surface area (Å²) in [4.78, 5) is 27.8. The highest BCUT2D eigenvalue weighted by atomic mass is 32.2. The Balaban J connectivity index is 1.47. The Kier molecular flexibility index (Phi) is 5.62. The quantitative estimate of drug-likeness (QED) is 0.694. The number of amides is 2. The van der Waals surface area contributed by atoms with E-state index in [1.165, 1.54) is 35.3 Å². The van der Waals surface area contributed by atoms with Crippen molar-refractivity contribution in [2.24, 2.45) is 0 Å². The first-order chi connectivity index (χ1) is 15.9. The SMILES string of the molecule is COc1ccc(S(=O)(=O)N2CCCCC2)cc1NC(=O)[C@]12CCC(=O)N1c1ccccc1S2. The molecular weight excluding hydrogens is 462 g/mol. The second-order valence-corrected chi connectivity index (χ2v) is 11.6. The summed E-state index contributed by atoms with van der Waals surface area (Å²) in [6, 6.07) is 12.0. The van der Waals surface area contributed by atoms with Gasteiger partial charge in [0, 0.05) is 24.4 Å². The summed E-state index contributed by atoms with van der Waals surface area (Å²) < 4.78 is 33.2. The van der Waals surface area contributed by atoms with Crippen LogP contribution in [0, 0.1) is 0 Å². The van der Waals surface area contributed by atoms with E-state index in [-0.39, 0.29) is 28.8 Å². The average Bonchev–Trinajstić information content (AvgIpc) is 3.35. The molecule has 0 saturated carbocycles. The number of para-hydroxylation sites is 1. The molecule has 33 heavy (non-hydrogen) atoms. The lowest BCUT2D eigenvalue weighted by molar-refractivity contribution is -0.121. The third-order valence-electron chi connectivity index (χ3n) is 6.40. The van der Waals surface area contributed by atoms with Crippen molar-refractivity contribution in [1.29, 1.82) is 0 Å². The van der Waals surface area contributed by atoms with Crippen LogP contribution >= 0.6 is 11.8 Å². The lowest BCUT2D eigenvalue weighted by atomic mass is 10.1. The lowest BCUT2D eigenvalue weighted by Gasteiger charge is -2.30. The Bertz CT molecular complexity index is 1230. The fourth-order valence-corrected chi connectivity index (χ4v) is 7.68. The number of carbonyl (C=O) groups excluding carboxylic acids is 2. The van der Waals surface area contributed by atoms with Gasteiger partial charge in [-0.05, 0) is 49.6 Å². The van der Waals surface area contributed by atoms with Crippen LogP contribution in [-0.4, -0.2) is 49.6 Å². The lowest BCUT2D eigenvalue weighted by Crippen LogP contribution is -2.49. The maximum atomic E-state index is 13.6. The largest absolute Gasteiger partial charge is 0.495 e. The number of fused-ring (bicyclic) bond motifs is 3. The fraction of sp³-hybridized carbons (Fsp3) is 0.391. The monoisotopic (exact) mass is 487 g/mol. The first kappa shape index (κ1) is 22.2. The second-order valence-electron chi connectivity index (χ2n) is 8.36. The number of piperidine rings is 1. The minimum Gasteiger partial charge on any atom is -0.495 e. The van der Waals surface area contributed by atoms with Crippen LogP contribution in [0.1, 0.15) is 32.1 Å². The number of methoxy groups -OCH3 is 1. The van der Waals surface area contributed by atoms with E-state index in [1.54, 1.807) is 11.0 Å². The standard InChI is InChI=1S/C23H25N3O5S2/c1-31-19-10-9-16(33(29,30)25-13-5-2-6-14-25)15-17(19)24-22(28)23-12-11-21(27)26(23)18-7-3-4-8-20(18)32-23/h3-4,7-10,15H,2,5-6,11-14H2,1H3,(H,24,28)/t23-/m1/s1. The van der Waals surface area contributed by atoms with Crippen molar-refractivity contribution in [3.63, 3.8) is 0 Å². The fourth-order valence-electron chi connectivity index (χ4n) is 4.72. The van der Waals surface area contributed by atoms with E-state index in [4.69, 9.17) is 4.74 Å². The number of sulfonamides is 1. The minimum atomic E-state index is -3.68. The highest BCUT2D eigenvalue weighted by Gasteiger charge is 2.57. The molecule has 5 rings (SSSR count). The van der Waals surface area contributed by atoms with Gasteiger partial charge in [0.25, 0.3) is 5.91 Å². The van der Waals surface area contributed by atoms with E-state index in [9.17, 15) is 18.0 Å². The molecule has 0 radical (unpaired) electrons. The van der Waals surface area contributed by atoms with Gasteiger partial charge in [0.2, 0.25) is 15.9 Å². The number of hydrogen-bond donors (Lipinski definition) is 1. The van der Waals surface area contributed by atoms with Gasteiger partial charge in [-0.3, -0.25) is 14.5 Å². The summed E-state index contributed by atoms with van der Waals surface area (Å²) in [5.74, 6) is -0.120. The van der Waals surface area contributed by atoms with Crippen LogP contribution in [0.2, 0.25) is 0 Å². The number of ether oxygens (including phenoxy) is 1. The third kappa shape index (κ3) is 3.60. The van der Waals surface area contributed by atoms with Gasteiger partial charge in [0.05, 0.1) is 23.4 Å². The number of rotatable bonds is 5. The molecule has 3 heterocycles. The van der Waals surface area contributed by atoms with Crippen LogP contribution in [0.3, 0.4) is 0 Å². The van der Waals surface area contributed by atoms with E-state index in [0.29, 0.717) is 25.3 Å². The molecule has 0 unspecified atom stereocenters. The summed E-state index contributed by atoms with van der Waals surface area (Å²) in [7, 11) is -2.21. The Morgan fingerprint density at radius 2 is 1.88 bits per heavy atom. The van der Waals surface area contributed by atoms with Crippen molar-refractivity contribution in [3.8, 4) is 5.75 Å². The van der Waals surface area contributed by atoms with Crippen molar-refractivity contribution < 1.29 is 22.7 Å². The van der Waals surface area contributed by atoms with Crippen LogP contribution < -0.4 is 15.0 Å². The molecule has 0 bridgehead atoms. The highest BCUT2D eigenvalue weighted by Crippen LogP contribution is 2.56. The van der Waals surface area contributed by atoms with Crippen LogP contribution in [0.4, 0.5) is 11.4 Å². The van der Waals surface area contributed by atoms with Gasteiger partial charge in [-0.2, -0.15) is 4.31 Å². The summed E-state index contributed by atoms with van der Waals surface area (Å²) in [6.07, 6.45) is 3.33. The number of nitrogens with one attached hydrogen (secondary N) is 1. The van der Waals surface area contributed by atoms with Gasteiger partial charge in [0.1, 0.15) is 5.75 Å².